The summed E-state index contributed by atoms with van der Waals surface area (Å²) in [6.45, 7) is 1.70. The van der Waals surface area contributed by atoms with E-state index in [4.69, 9.17) is 4.74 Å². The second-order valence-corrected chi connectivity index (χ2v) is 5.36. The van der Waals surface area contributed by atoms with Gasteiger partial charge in [-0.2, -0.15) is 5.10 Å². The number of H-pyrrole nitrogens is 1. The summed E-state index contributed by atoms with van der Waals surface area (Å²) in [6, 6.07) is 6.58. The van der Waals surface area contributed by atoms with E-state index in [0.29, 0.717) is 37.3 Å². The van der Waals surface area contributed by atoms with Gasteiger partial charge in [0.1, 0.15) is 5.82 Å². The van der Waals surface area contributed by atoms with Gasteiger partial charge in [0.2, 0.25) is 0 Å². The molecule has 0 aliphatic carbocycles. The second-order valence-electron chi connectivity index (χ2n) is 5.36. The van der Waals surface area contributed by atoms with Crippen LogP contribution in [0.3, 0.4) is 0 Å². The maximum Gasteiger partial charge on any atom is 0.254 e. The Labute approximate surface area is 127 Å². The van der Waals surface area contributed by atoms with E-state index in [1.54, 1.807) is 18.2 Å². The normalized spacial score (nSPS) is 17.6. The van der Waals surface area contributed by atoms with Crippen molar-refractivity contribution in [3.8, 4) is 0 Å². The van der Waals surface area contributed by atoms with Crippen LogP contribution in [0, 0.1) is 5.82 Å². The molecule has 0 radical (unpaired) electrons. The highest BCUT2D eigenvalue weighted by Crippen LogP contribution is 2.25. The molecule has 3 rings (SSSR count). The van der Waals surface area contributed by atoms with Gasteiger partial charge in [-0.15, -0.1) is 0 Å². The number of hydrogen-bond acceptors (Lipinski definition) is 3. The molecular formula is C16H18FN3O2. The topological polar surface area (TPSA) is 67.0 Å². The summed E-state index contributed by atoms with van der Waals surface area (Å²) < 4.78 is 18.9. The Morgan fingerprint density at radius 1 is 1.45 bits per heavy atom. The average Bonchev–Trinajstić information content (AvgIpc) is 3.19. The van der Waals surface area contributed by atoms with E-state index >= 15 is 0 Å². The number of hydrogen-bond donors (Lipinski definition) is 2. The molecule has 2 N–H and O–H groups in total. The van der Waals surface area contributed by atoms with E-state index in [1.165, 1.54) is 12.3 Å². The maximum atomic E-state index is 13.5. The van der Waals surface area contributed by atoms with Gasteiger partial charge in [-0.05, 0) is 24.5 Å². The van der Waals surface area contributed by atoms with Gasteiger partial charge in [-0.3, -0.25) is 9.89 Å². The van der Waals surface area contributed by atoms with Crippen LogP contribution in [0.2, 0.25) is 0 Å². The molecule has 1 saturated heterocycles. The number of carbonyl (C=O) groups excluding carboxylic acids is 1. The number of halogens is 1. The molecule has 22 heavy (non-hydrogen) atoms. The van der Waals surface area contributed by atoms with E-state index in [9.17, 15) is 9.18 Å². The molecule has 0 bridgehead atoms. The smallest absolute Gasteiger partial charge is 0.254 e. The first kappa shape index (κ1) is 14.7. The number of nitrogens with zero attached hydrogens (tertiary/aromatic N) is 1. The Morgan fingerprint density at radius 2 is 2.32 bits per heavy atom. The molecule has 1 fully saturated rings. The number of amides is 1. The molecule has 5 nitrogen and oxygen atoms in total. The molecule has 1 aromatic carbocycles. The molecule has 1 amide bonds. The minimum atomic E-state index is -0.246. The first-order valence-corrected chi connectivity index (χ1v) is 7.38. The summed E-state index contributed by atoms with van der Waals surface area (Å²) >= 11 is 0. The van der Waals surface area contributed by atoms with Crippen LogP contribution in [-0.4, -0.2) is 35.9 Å². The second kappa shape index (κ2) is 6.70. The van der Waals surface area contributed by atoms with Crippen molar-refractivity contribution in [1.82, 2.24) is 15.5 Å². The Morgan fingerprint density at radius 3 is 3.09 bits per heavy atom. The zero-order valence-electron chi connectivity index (χ0n) is 12.1. The first-order chi connectivity index (χ1) is 10.8. The Balaban J connectivity index is 1.58. The Hall–Kier alpha value is -2.21. The van der Waals surface area contributed by atoms with Crippen LogP contribution >= 0.6 is 0 Å². The van der Waals surface area contributed by atoms with Crippen molar-refractivity contribution in [3.63, 3.8) is 0 Å². The van der Waals surface area contributed by atoms with Gasteiger partial charge in [0.05, 0.1) is 24.1 Å². The number of carbonyl (C=O) groups is 1. The molecule has 0 saturated carbocycles. The van der Waals surface area contributed by atoms with Crippen LogP contribution < -0.4 is 5.32 Å². The molecule has 2 aromatic rings. The number of nitrogens with one attached hydrogen (secondary N) is 2. The highest BCUT2D eigenvalue weighted by atomic mass is 19.1. The molecular weight excluding hydrogens is 285 g/mol. The summed E-state index contributed by atoms with van der Waals surface area (Å²) in [5.41, 5.74) is 1.96. The van der Waals surface area contributed by atoms with Gasteiger partial charge in [0.25, 0.3) is 5.91 Å². The number of aromatic amines is 1. The number of benzene rings is 1. The van der Waals surface area contributed by atoms with Gasteiger partial charge >= 0.3 is 0 Å². The van der Waals surface area contributed by atoms with Crippen molar-refractivity contribution in [2.24, 2.45) is 0 Å². The lowest BCUT2D eigenvalue weighted by molar-refractivity contribution is 0.0952. The van der Waals surface area contributed by atoms with Crippen molar-refractivity contribution in [3.05, 3.63) is 53.1 Å². The number of rotatable bonds is 5. The molecule has 1 aliphatic heterocycles. The summed E-state index contributed by atoms with van der Waals surface area (Å²) in [6.07, 6.45) is 2.88. The van der Waals surface area contributed by atoms with Crippen LogP contribution in [0.4, 0.5) is 4.39 Å². The molecule has 1 atom stereocenters. The number of ether oxygens (including phenoxy) is 1. The third-order valence-electron chi connectivity index (χ3n) is 3.89. The summed E-state index contributed by atoms with van der Waals surface area (Å²) in [5.74, 6) is -0.245. The molecule has 2 heterocycles. The van der Waals surface area contributed by atoms with Crippen LogP contribution in [0.25, 0.3) is 0 Å². The lowest BCUT2D eigenvalue weighted by Crippen LogP contribution is -2.27. The molecule has 6 heteroatoms. The van der Waals surface area contributed by atoms with Crippen molar-refractivity contribution in [2.75, 3.05) is 19.8 Å². The average molecular weight is 303 g/mol. The minimum Gasteiger partial charge on any atom is -0.381 e. The predicted octanol–water partition coefficient (Wildman–Crippen LogP) is 2.03. The highest BCUT2D eigenvalue weighted by molar-refractivity contribution is 5.95. The van der Waals surface area contributed by atoms with Crippen molar-refractivity contribution in [2.45, 2.75) is 18.8 Å². The van der Waals surface area contributed by atoms with Crippen molar-refractivity contribution in [1.29, 1.82) is 0 Å². The van der Waals surface area contributed by atoms with Gasteiger partial charge in [-0.25, -0.2) is 4.39 Å². The SMILES string of the molecule is O=C(NCCc1ccccc1F)c1cn[nH]c1[C@@H]1CCOC1. The highest BCUT2D eigenvalue weighted by Gasteiger charge is 2.25. The quantitative estimate of drug-likeness (QED) is 0.888. The molecule has 1 aromatic heterocycles. The number of aromatic nitrogens is 2. The van der Waals surface area contributed by atoms with Gasteiger partial charge in [0, 0.05) is 19.1 Å². The third-order valence-corrected chi connectivity index (χ3v) is 3.89. The van der Waals surface area contributed by atoms with Gasteiger partial charge in [-0.1, -0.05) is 18.2 Å². The largest absolute Gasteiger partial charge is 0.381 e. The third kappa shape index (κ3) is 3.17. The maximum absolute atomic E-state index is 13.5. The fourth-order valence-electron chi connectivity index (χ4n) is 2.66. The van der Waals surface area contributed by atoms with E-state index in [1.807, 2.05) is 0 Å². The summed E-state index contributed by atoms with van der Waals surface area (Å²) in [7, 11) is 0. The molecule has 1 aliphatic rings. The van der Waals surface area contributed by atoms with Gasteiger partial charge < -0.3 is 10.1 Å². The van der Waals surface area contributed by atoms with E-state index in [2.05, 4.69) is 15.5 Å². The zero-order valence-corrected chi connectivity index (χ0v) is 12.1. The predicted molar refractivity (Wildman–Crippen MR) is 79.2 cm³/mol. The van der Waals surface area contributed by atoms with Crippen LogP contribution in [0.5, 0.6) is 0 Å². The summed E-state index contributed by atoms with van der Waals surface area (Å²) in [4.78, 5) is 12.3. The van der Waals surface area contributed by atoms with Crippen molar-refractivity contribution >= 4 is 5.91 Å². The van der Waals surface area contributed by atoms with Gasteiger partial charge in [0.15, 0.2) is 0 Å². The fourth-order valence-corrected chi connectivity index (χ4v) is 2.66. The van der Waals surface area contributed by atoms with Crippen LogP contribution in [0.1, 0.15) is 34.0 Å². The monoisotopic (exact) mass is 303 g/mol. The van der Waals surface area contributed by atoms with E-state index in [0.717, 1.165) is 12.1 Å². The first-order valence-electron chi connectivity index (χ1n) is 7.38. The van der Waals surface area contributed by atoms with Crippen molar-refractivity contribution < 1.29 is 13.9 Å². The molecule has 116 valence electrons. The van der Waals surface area contributed by atoms with Crippen LogP contribution in [0.15, 0.2) is 30.5 Å². The van der Waals surface area contributed by atoms with Crippen LogP contribution in [-0.2, 0) is 11.2 Å². The lowest BCUT2D eigenvalue weighted by Gasteiger charge is -2.09. The standard InChI is InChI=1S/C16H18FN3O2/c17-14-4-2-1-3-11(14)5-7-18-16(21)13-9-19-20-15(13)12-6-8-22-10-12/h1-4,9,12H,5-8,10H2,(H,18,21)(H,19,20)/t12-/m1/s1. The molecule has 0 spiro atoms. The lowest BCUT2D eigenvalue weighted by atomic mass is 10.0. The minimum absolute atomic E-state index is 0.188. The fraction of sp³-hybridized carbons (Fsp3) is 0.375. The Kier molecular flexibility index (Phi) is 4.48. The van der Waals surface area contributed by atoms with E-state index in [-0.39, 0.29) is 17.6 Å². The van der Waals surface area contributed by atoms with E-state index < -0.39 is 0 Å². The Bertz CT molecular complexity index is 650. The zero-order chi connectivity index (χ0) is 15.4. The molecule has 0 unspecified atom stereocenters. The summed E-state index contributed by atoms with van der Waals surface area (Å²) in [5, 5.41) is 9.68.